The minimum absolute atomic E-state index is 0.262. The van der Waals surface area contributed by atoms with Crippen LogP contribution in [-0.2, 0) is 0 Å². The Balaban J connectivity index is 2.24. The van der Waals surface area contributed by atoms with E-state index in [4.69, 9.17) is 4.74 Å². The van der Waals surface area contributed by atoms with Gasteiger partial charge in [0, 0.05) is 6.04 Å². The minimum atomic E-state index is 0.262. The first-order valence-corrected chi connectivity index (χ1v) is 8.27. The van der Waals surface area contributed by atoms with Crippen LogP contribution >= 0.6 is 0 Å². The van der Waals surface area contributed by atoms with E-state index in [1.165, 1.54) is 24.0 Å². The standard InChI is InChI=1S/C19H31NO/c1-13(2)15-8-7-14(3)11-17(15)21-18-12-19(4,5)10-9-16(18)20-6/h7-8,11,13,16,18,20H,9-10,12H2,1-6H3. The molecule has 0 bridgehead atoms. The van der Waals surface area contributed by atoms with Crippen molar-refractivity contribution in [2.24, 2.45) is 5.41 Å². The monoisotopic (exact) mass is 289 g/mol. The summed E-state index contributed by atoms with van der Waals surface area (Å²) >= 11 is 0. The number of aryl methyl sites for hydroxylation is 1. The number of ether oxygens (including phenoxy) is 1. The van der Waals surface area contributed by atoms with Crippen LogP contribution in [0.1, 0.15) is 64.0 Å². The molecule has 1 aliphatic carbocycles. The maximum atomic E-state index is 6.51. The van der Waals surface area contributed by atoms with Gasteiger partial charge in [0.05, 0.1) is 0 Å². The lowest BCUT2D eigenvalue weighted by molar-refractivity contribution is 0.0550. The fourth-order valence-electron chi connectivity index (χ4n) is 3.36. The van der Waals surface area contributed by atoms with Gasteiger partial charge in [-0.25, -0.2) is 0 Å². The van der Waals surface area contributed by atoms with Crippen LogP contribution in [0.15, 0.2) is 18.2 Å². The number of likely N-dealkylation sites (N-methyl/N-ethyl adjacent to an activating group) is 1. The van der Waals surface area contributed by atoms with Crippen molar-refractivity contribution < 1.29 is 4.74 Å². The second kappa shape index (κ2) is 6.39. The predicted octanol–water partition coefficient (Wildman–Crippen LogP) is 4.66. The highest BCUT2D eigenvalue weighted by Crippen LogP contribution is 2.38. The fourth-order valence-corrected chi connectivity index (χ4v) is 3.36. The van der Waals surface area contributed by atoms with E-state index in [-0.39, 0.29) is 6.10 Å². The number of benzene rings is 1. The van der Waals surface area contributed by atoms with Crippen LogP contribution in [0.2, 0.25) is 0 Å². The Morgan fingerprint density at radius 1 is 1.29 bits per heavy atom. The highest BCUT2D eigenvalue weighted by Gasteiger charge is 2.35. The molecule has 118 valence electrons. The summed E-state index contributed by atoms with van der Waals surface area (Å²) in [7, 11) is 2.05. The summed E-state index contributed by atoms with van der Waals surface area (Å²) in [5, 5.41) is 3.45. The lowest BCUT2D eigenvalue weighted by Gasteiger charge is -2.41. The summed E-state index contributed by atoms with van der Waals surface area (Å²) in [5.41, 5.74) is 2.96. The summed E-state index contributed by atoms with van der Waals surface area (Å²) in [4.78, 5) is 0. The molecular weight excluding hydrogens is 258 g/mol. The van der Waals surface area contributed by atoms with Gasteiger partial charge in [-0.05, 0) is 61.8 Å². The van der Waals surface area contributed by atoms with Crippen molar-refractivity contribution in [3.8, 4) is 5.75 Å². The van der Waals surface area contributed by atoms with Gasteiger partial charge in [0.15, 0.2) is 0 Å². The van der Waals surface area contributed by atoms with Crippen molar-refractivity contribution in [1.29, 1.82) is 0 Å². The van der Waals surface area contributed by atoms with Crippen LogP contribution in [0.3, 0.4) is 0 Å². The van der Waals surface area contributed by atoms with Crippen LogP contribution < -0.4 is 10.1 Å². The molecule has 0 radical (unpaired) electrons. The molecule has 1 saturated carbocycles. The summed E-state index contributed by atoms with van der Waals surface area (Å²) in [6.07, 6.45) is 3.84. The van der Waals surface area contributed by atoms with Gasteiger partial charge in [-0.15, -0.1) is 0 Å². The van der Waals surface area contributed by atoms with Crippen LogP contribution in [0.5, 0.6) is 5.75 Å². The van der Waals surface area contributed by atoms with E-state index in [1.807, 2.05) is 0 Å². The maximum absolute atomic E-state index is 6.51. The van der Waals surface area contributed by atoms with Crippen LogP contribution in [0, 0.1) is 12.3 Å². The molecule has 2 rings (SSSR count). The predicted molar refractivity (Wildman–Crippen MR) is 90.2 cm³/mol. The normalized spacial score (nSPS) is 25.1. The Morgan fingerprint density at radius 3 is 2.62 bits per heavy atom. The zero-order valence-corrected chi connectivity index (χ0v) is 14.5. The third-order valence-electron chi connectivity index (χ3n) is 4.77. The van der Waals surface area contributed by atoms with E-state index in [9.17, 15) is 0 Å². The first-order valence-electron chi connectivity index (χ1n) is 8.27. The molecule has 1 N–H and O–H groups in total. The smallest absolute Gasteiger partial charge is 0.123 e. The number of rotatable bonds is 4. The lowest BCUT2D eigenvalue weighted by Crippen LogP contribution is -2.47. The van der Waals surface area contributed by atoms with Gasteiger partial charge in [-0.3, -0.25) is 0 Å². The highest BCUT2D eigenvalue weighted by atomic mass is 16.5. The lowest BCUT2D eigenvalue weighted by atomic mass is 9.74. The molecule has 21 heavy (non-hydrogen) atoms. The molecule has 0 heterocycles. The Labute approximate surface area is 130 Å². The Kier molecular flexibility index (Phi) is 4.98. The summed E-state index contributed by atoms with van der Waals surface area (Å²) in [6.45, 7) is 11.3. The van der Waals surface area contributed by atoms with Gasteiger partial charge in [-0.1, -0.05) is 39.8 Å². The Hall–Kier alpha value is -1.02. The summed E-state index contributed by atoms with van der Waals surface area (Å²) < 4.78 is 6.51. The average Bonchev–Trinajstić information content (AvgIpc) is 2.37. The molecule has 2 nitrogen and oxygen atoms in total. The van der Waals surface area contributed by atoms with Gasteiger partial charge in [0.25, 0.3) is 0 Å². The van der Waals surface area contributed by atoms with Gasteiger partial charge < -0.3 is 10.1 Å². The molecule has 0 aromatic heterocycles. The Bertz CT molecular complexity index is 478. The molecule has 1 aromatic rings. The molecule has 0 saturated heterocycles. The summed E-state index contributed by atoms with van der Waals surface area (Å²) in [5.74, 6) is 1.57. The number of hydrogen-bond acceptors (Lipinski definition) is 2. The zero-order chi connectivity index (χ0) is 15.6. The quantitative estimate of drug-likeness (QED) is 0.870. The van der Waals surface area contributed by atoms with Crippen LogP contribution in [-0.4, -0.2) is 19.2 Å². The van der Waals surface area contributed by atoms with E-state index < -0.39 is 0 Å². The molecule has 1 fully saturated rings. The molecule has 0 amide bonds. The van der Waals surface area contributed by atoms with E-state index >= 15 is 0 Å². The topological polar surface area (TPSA) is 21.3 Å². The van der Waals surface area contributed by atoms with Crippen molar-refractivity contribution in [2.45, 2.75) is 71.9 Å². The van der Waals surface area contributed by atoms with Crippen LogP contribution in [0.25, 0.3) is 0 Å². The fraction of sp³-hybridized carbons (Fsp3) is 0.684. The van der Waals surface area contributed by atoms with Gasteiger partial charge in [0.1, 0.15) is 11.9 Å². The molecule has 1 aliphatic rings. The third-order valence-corrected chi connectivity index (χ3v) is 4.77. The summed E-state index contributed by atoms with van der Waals surface area (Å²) in [6, 6.07) is 7.06. The Morgan fingerprint density at radius 2 is 2.00 bits per heavy atom. The van der Waals surface area contributed by atoms with E-state index in [2.05, 4.69) is 65.2 Å². The largest absolute Gasteiger partial charge is 0.488 e. The number of nitrogens with one attached hydrogen (secondary N) is 1. The van der Waals surface area contributed by atoms with Crippen molar-refractivity contribution in [3.63, 3.8) is 0 Å². The maximum Gasteiger partial charge on any atom is 0.123 e. The molecule has 2 atom stereocenters. The van der Waals surface area contributed by atoms with Crippen LogP contribution in [0.4, 0.5) is 0 Å². The third kappa shape index (κ3) is 4.00. The van der Waals surface area contributed by atoms with E-state index in [0.717, 1.165) is 12.2 Å². The second-order valence-corrected chi connectivity index (χ2v) is 7.65. The molecular formula is C19H31NO. The van der Waals surface area contributed by atoms with Crippen molar-refractivity contribution >= 4 is 0 Å². The highest BCUT2D eigenvalue weighted by molar-refractivity contribution is 5.39. The van der Waals surface area contributed by atoms with Gasteiger partial charge >= 0.3 is 0 Å². The second-order valence-electron chi connectivity index (χ2n) is 7.65. The molecule has 0 aliphatic heterocycles. The zero-order valence-electron chi connectivity index (χ0n) is 14.5. The van der Waals surface area contributed by atoms with Crippen molar-refractivity contribution in [1.82, 2.24) is 5.32 Å². The van der Waals surface area contributed by atoms with E-state index in [0.29, 0.717) is 17.4 Å². The molecule has 1 aromatic carbocycles. The first-order chi connectivity index (χ1) is 9.82. The van der Waals surface area contributed by atoms with Gasteiger partial charge in [-0.2, -0.15) is 0 Å². The minimum Gasteiger partial charge on any atom is -0.488 e. The molecule has 2 unspecified atom stereocenters. The average molecular weight is 289 g/mol. The molecule has 0 spiro atoms. The van der Waals surface area contributed by atoms with Crippen molar-refractivity contribution in [2.75, 3.05) is 7.05 Å². The first kappa shape index (κ1) is 16.4. The van der Waals surface area contributed by atoms with Gasteiger partial charge in [0.2, 0.25) is 0 Å². The number of hydrogen-bond donors (Lipinski definition) is 1. The molecule has 2 heteroatoms. The van der Waals surface area contributed by atoms with E-state index in [1.54, 1.807) is 0 Å². The SMILES string of the molecule is CNC1CCC(C)(C)CC1Oc1cc(C)ccc1C(C)C. The van der Waals surface area contributed by atoms with Crippen molar-refractivity contribution in [3.05, 3.63) is 29.3 Å².